The molecule has 0 bridgehead atoms. The molecule has 0 saturated carbocycles. The second-order valence-corrected chi connectivity index (χ2v) is 39.1. The molecule has 4 saturated heterocycles. The number of ether oxygens (including phenoxy) is 4. The van der Waals surface area contributed by atoms with E-state index in [4.69, 9.17) is 38.4 Å². The van der Waals surface area contributed by atoms with Crippen LogP contribution in [0.3, 0.4) is 0 Å². The van der Waals surface area contributed by atoms with E-state index in [-0.39, 0.29) is 57.6 Å². The highest BCUT2D eigenvalue weighted by atomic mass is 127. The minimum absolute atomic E-state index is 0.00426. The zero-order valence-corrected chi connectivity index (χ0v) is 44.1. The molecule has 4 fully saturated rings. The molecule has 4 aliphatic rings. The lowest BCUT2D eigenvalue weighted by atomic mass is 9.95. The van der Waals surface area contributed by atoms with Crippen molar-refractivity contribution in [2.24, 2.45) is 0 Å². The summed E-state index contributed by atoms with van der Waals surface area (Å²) in [5, 5.41) is 38.4. The summed E-state index contributed by atoms with van der Waals surface area (Å²) in [6.07, 6.45) is 19.8. The van der Waals surface area contributed by atoms with E-state index in [0.29, 0.717) is 0 Å². The third-order valence-corrected chi connectivity index (χ3v) is 19.5. The van der Waals surface area contributed by atoms with Gasteiger partial charge in [0.25, 0.3) is 0 Å². The highest BCUT2D eigenvalue weighted by Gasteiger charge is 2.42. The molecule has 4 heterocycles. The van der Waals surface area contributed by atoms with Crippen LogP contribution in [-0.2, 0) is 18.9 Å². The van der Waals surface area contributed by atoms with Crippen molar-refractivity contribution in [1.29, 1.82) is 0 Å². The quantitative estimate of drug-likeness (QED) is 0.0753. The van der Waals surface area contributed by atoms with E-state index >= 15 is 0 Å². The molecular formula is C39H77BBrClFIO8P4. The molecule has 2 radical (unpaired) electrons. The molecule has 332 valence electrons. The predicted molar refractivity (Wildman–Crippen MR) is 268 cm³/mol. The van der Waals surface area contributed by atoms with Gasteiger partial charge in [-0.3, -0.25) is 0 Å². The summed E-state index contributed by atoms with van der Waals surface area (Å²) < 4.78 is 35.5. The zero-order valence-electron chi connectivity index (χ0n) is 36.0. The van der Waals surface area contributed by atoms with Crippen molar-refractivity contribution in [2.75, 3.05) is 78.0 Å². The number of hydrogen-bond acceptors (Lipinski definition) is 8. The standard InChI is InChI=1S/C10H20BrO2P.C10H20FO2P.C10H20IO2P.C9H17BClO2P/c3*1-7-9(11)10(12)8(13-7)5-6-14(2,3)4;1-14(2,3)5-4-6-8(12)7(11)9(10)13-6/h3*7-10,12H,2,5-6H2,1,3-4H3;6-9,12H,1,4-5H2,2-3H3/t3*7-,8+,9-,10+;6-,7-,8-,9-/m0001/s1. The molecule has 0 aromatic rings. The van der Waals surface area contributed by atoms with Gasteiger partial charge in [-0.2, -0.15) is 0 Å². The Labute approximate surface area is 369 Å². The highest BCUT2D eigenvalue weighted by Crippen LogP contribution is 2.41. The Morgan fingerprint density at radius 2 is 0.911 bits per heavy atom. The second kappa shape index (κ2) is 24.4. The molecule has 0 aromatic heterocycles. The number of hydrogen-bond donors (Lipinski definition) is 4. The van der Waals surface area contributed by atoms with Crippen LogP contribution >= 0.6 is 77.7 Å². The Morgan fingerprint density at radius 1 is 0.589 bits per heavy atom. The number of halogens is 4. The highest BCUT2D eigenvalue weighted by molar-refractivity contribution is 14.1. The van der Waals surface area contributed by atoms with Crippen molar-refractivity contribution in [3.63, 3.8) is 0 Å². The largest absolute Gasteiger partial charge is 0.389 e. The Bertz CT molecular complexity index is 1170. The van der Waals surface area contributed by atoms with Crippen LogP contribution < -0.4 is 0 Å². The third kappa shape index (κ3) is 21.2. The summed E-state index contributed by atoms with van der Waals surface area (Å²) in [5.41, 5.74) is 0. The van der Waals surface area contributed by atoms with Crippen LogP contribution in [0.1, 0.15) is 46.5 Å². The summed E-state index contributed by atoms with van der Waals surface area (Å²) in [6, 6.07) is -0.539. The smallest absolute Gasteiger partial charge is 0.154 e. The molecule has 0 spiro atoms. The van der Waals surface area contributed by atoms with Crippen LogP contribution in [0.2, 0.25) is 0 Å². The van der Waals surface area contributed by atoms with Gasteiger partial charge in [0, 0.05) is 6.00 Å². The average molecular weight is 1070 g/mol. The third-order valence-electron chi connectivity index (χ3n) is 10.1. The first kappa shape index (κ1) is 56.4. The van der Waals surface area contributed by atoms with Crippen molar-refractivity contribution in [3.05, 3.63) is 0 Å². The first-order valence-corrected chi connectivity index (χ1v) is 34.4. The van der Waals surface area contributed by atoms with Crippen molar-refractivity contribution >= 4 is 111 Å². The molecule has 0 amide bonds. The predicted octanol–water partition coefficient (Wildman–Crippen LogP) is 6.55. The number of alkyl halides is 4. The maximum Gasteiger partial charge on any atom is 0.154 e. The molecule has 0 aromatic carbocycles. The fraction of sp³-hybridized carbons (Fsp3) is 0.897. The van der Waals surface area contributed by atoms with Crippen LogP contribution in [0.4, 0.5) is 4.39 Å². The molecule has 0 unspecified atom stereocenters. The van der Waals surface area contributed by atoms with E-state index in [1.54, 1.807) is 6.92 Å². The van der Waals surface area contributed by atoms with Gasteiger partial charge in [-0.15, -0.1) is 64.3 Å². The molecule has 8 nitrogen and oxygen atoms in total. The van der Waals surface area contributed by atoms with E-state index < -0.39 is 63.4 Å². The van der Waals surface area contributed by atoms with Crippen molar-refractivity contribution < 1.29 is 43.8 Å². The molecular weight excluding hydrogens is 992 g/mol. The van der Waals surface area contributed by atoms with Crippen molar-refractivity contribution in [1.82, 2.24) is 0 Å². The van der Waals surface area contributed by atoms with Gasteiger partial charge in [0.2, 0.25) is 0 Å². The summed E-state index contributed by atoms with van der Waals surface area (Å²) in [6.45, 7) is 19.0. The number of aliphatic hydroxyl groups excluding tert-OH is 4. The van der Waals surface area contributed by atoms with Crippen molar-refractivity contribution in [2.45, 2.75) is 140 Å². The van der Waals surface area contributed by atoms with Crippen LogP contribution in [0.15, 0.2) is 0 Å². The minimum atomic E-state index is -1.23. The number of rotatable bonds is 12. The first-order chi connectivity index (χ1) is 25.2. The van der Waals surface area contributed by atoms with Gasteiger partial charge >= 0.3 is 0 Å². The Hall–Kier alpha value is 2.37. The monoisotopic (exact) mass is 1070 g/mol. The van der Waals surface area contributed by atoms with Gasteiger partial charge in [0.05, 0.1) is 75.2 Å². The van der Waals surface area contributed by atoms with Gasteiger partial charge in [0.15, 0.2) is 6.17 Å². The summed E-state index contributed by atoms with van der Waals surface area (Å²) in [7, 11) is 5.58. The lowest BCUT2D eigenvalue weighted by Gasteiger charge is -2.18. The molecule has 0 aliphatic carbocycles. The maximum atomic E-state index is 13.2. The van der Waals surface area contributed by atoms with Crippen molar-refractivity contribution in [3.8, 4) is 0 Å². The Kier molecular flexibility index (Phi) is 24.6. The van der Waals surface area contributed by atoms with Gasteiger partial charge in [-0.05, 0) is 124 Å². The lowest BCUT2D eigenvalue weighted by molar-refractivity contribution is 0.0150. The molecule has 4 rings (SSSR count). The van der Waals surface area contributed by atoms with Gasteiger partial charge in [-0.1, -0.05) is 38.5 Å². The molecule has 4 N–H and O–H groups in total. The normalized spacial score (nSPS) is 38.9. The maximum absolute atomic E-state index is 13.2. The van der Waals surface area contributed by atoms with E-state index in [1.807, 2.05) is 13.8 Å². The first-order valence-electron chi connectivity index (χ1n) is 19.6. The van der Waals surface area contributed by atoms with Crippen LogP contribution in [0, 0.1) is 0 Å². The van der Waals surface area contributed by atoms with Crippen LogP contribution in [0.25, 0.3) is 0 Å². The fourth-order valence-electron chi connectivity index (χ4n) is 6.36. The second-order valence-electron chi connectivity index (χ2n) is 18.8. The van der Waals surface area contributed by atoms with E-state index in [1.165, 1.54) is 0 Å². The van der Waals surface area contributed by atoms with Crippen LogP contribution in [0.5, 0.6) is 0 Å². The summed E-state index contributed by atoms with van der Waals surface area (Å²) in [5.74, 6) is 0. The van der Waals surface area contributed by atoms with Gasteiger partial charge in [0.1, 0.15) is 14.0 Å². The molecule has 56 heavy (non-hydrogen) atoms. The van der Waals surface area contributed by atoms with Gasteiger partial charge in [-0.25, -0.2) is 4.39 Å². The van der Waals surface area contributed by atoms with E-state index in [2.05, 4.69) is 117 Å². The number of aliphatic hydroxyl groups is 4. The zero-order chi connectivity index (χ0) is 43.7. The molecule has 4 aliphatic heterocycles. The minimum Gasteiger partial charge on any atom is -0.389 e. The fourth-order valence-corrected chi connectivity index (χ4v) is 11.5. The lowest BCUT2D eigenvalue weighted by Crippen LogP contribution is -2.28. The summed E-state index contributed by atoms with van der Waals surface area (Å²) >= 11 is 11.6. The van der Waals surface area contributed by atoms with Gasteiger partial charge < -0.3 is 39.4 Å². The Balaban J connectivity index is 0.000000373. The van der Waals surface area contributed by atoms with E-state index in [0.717, 1.165) is 50.3 Å². The topological polar surface area (TPSA) is 118 Å². The molecule has 16 atom stereocenters. The SMILES string of the molecule is C=P(C)(C)CC[C@H]1O[C@@H](C)[C@H](Br)[C@@H]1O.C=P(C)(C)CC[C@H]1O[C@@H](C)[C@H](F)[C@@H]1O.C=P(C)(C)CC[C@H]1O[C@@H](C)[C@H](I)[C@@H]1O.[B][C@@H]1O[C@H](CCP(=C)(C)C)[C@@H](O)[C@H]1Cl. The molecule has 17 heteroatoms. The average Bonchev–Trinajstić information content (AvgIpc) is 3.66. The summed E-state index contributed by atoms with van der Waals surface area (Å²) in [4.78, 5) is 0.0822. The van der Waals surface area contributed by atoms with E-state index in [9.17, 15) is 24.8 Å². The van der Waals surface area contributed by atoms with Crippen LogP contribution in [-0.4, -0.2) is 225 Å². The Morgan fingerprint density at radius 3 is 1.16 bits per heavy atom.